The van der Waals surface area contributed by atoms with Crippen molar-refractivity contribution in [2.24, 2.45) is 5.92 Å². The average molecular weight is 280 g/mol. The highest BCUT2D eigenvalue weighted by Gasteiger charge is 2.26. The van der Waals surface area contributed by atoms with E-state index in [0.29, 0.717) is 12.1 Å². The zero-order chi connectivity index (χ0) is 14.8. The van der Waals surface area contributed by atoms with Gasteiger partial charge in [0.05, 0.1) is 17.6 Å². The van der Waals surface area contributed by atoms with Crippen molar-refractivity contribution in [3.63, 3.8) is 0 Å². The van der Waals surface area contributed by atoms with Crippen molar-refractivity contribution in [3.8, 4) is 6.07 Å². The second kappa shape index (κ2) is 5.45. The molecule has 0 radical (unpaired) electrons. The minimum absolute atomic E-state index is 0.312. The maximum Gasteiger partial charge on any atom is 0.308 e. The molecule has 1 atom stereocenters. The van der Waals surface area contributed by atoms with Crippen LogP contribution in [0.15, 0.2) is 36.4 Å². The van der Waals surface area contributed by atoms with E-state index in [-0.39, 0.29) is 5.92 Å². The molecule has 2 aromatic carbocycles. The fraction of sp³-hybridized carbons (Fsp3) is 0.294. The summed E-state index contributed by atoms with van der Waals surface area (Å²) < 4.78 is 0. The normalized spacial score (nSPS) is 18.4. The number of aliphatic carboxylic acids is 1. The van der Waals surface area contributed by atoms with E-state index in [1.54, 1.807) is 0 Å². The third-order valence-electron chi connectivity index (χ3n) is 4.13. The van der Waals surface area contributed by atoms with Gasteiger partial charge in [-0.3, -0.25) is 4.79 Å². The Bertz CT molecular complexity index is 733. The lowest BCUT2D eigenvalue weighted by Crippen LogP contribution is -2.38. The number of carboxylic acid groups (broad SMARTS) is 1. The molecular formula is C17H16N2O2. The lowest BCUT2D eigenvalue weighted by Gasteiger charge is -2.33. The Morgan fingerprint density at radius 3 is 2.71 bits per heavy atom. The van der Waals surface area contributed by atoms with E-state index in [0.717, 1.165) is 35.8 Å². The van der Waals surface area contributed by atoms with Crippen LogP contribution in [0.3, 0.4) is 0 Å². The molecule has 21 heavy (non-hydrogen) atoms. The first-order chi connectivity index (χ1) is 10.2. The lowest BCUT2D eigenvalue weighted by atomic mass is 9.96. The summed E-state index contributed by atoms with van der Waals surface area (Å²) in [7, 11) is 0. The summed E-state index contributed by atoms with van der Waals surface area (Å²) in [6, 6.07) is 13.8. The van der Waals surface area contributed by atoms with Gasteiger partial charge in [0.15, 0.2) is 0 Å². The molecule has 1 fully saturated rings. The molecule has 0 spiro atoms. The summed E-state index contributed by atoms with van der Waals surface area (Å²) in [5.74, 6) is -1.04. The zero-order valence-corrected chi connectivity index (χ0v) is 11.6. The van der Waals surface area contributed by atoms with Crippen LogP contribution in [-0.4, -0.2) is 24.2 Å². The lowest BCUT2D eigenvalue weighted by molar-refractivity contribution is -0.141. The molecule has 0 aromatic heterocycles. The summed E-state index contributed by atoms with van der Waals surface area (Å²) in [5, 5.41) is 20.4. The van der Waals surface area contributed by atoms with Crippen LogP contribution in [0.4, 0.5) is 5.69 Å². The number of anilines is 1. The molecule has 1 aliphatic heterocycles. The second-order valence-corrected chi connectivity index (χ2v) is 5.41. The minimum Gasteiger partial charge on any atom is -0.481 e. The summed E-state index contributed by atoms with van der Waals surface area (Å²) in [6.07, 6.45) is 1.62. The van der Waals surface area contributed by atoms with Crippen molar-refractivity contribution in [3.05, 3.63) is 42.0 Å². The summed E-state index contributed by atoms with van der Waals surface area (Å²) in [4.78, 5) is 13.4. The quantitative estimate of drug-likeness (QED) is 0.918. The monoisotopic (exact) mass is 280 g/mol. The van der Waals surface area contributed by atoms with Crippen LogP contribution < -0.4 is 4.90 Å². The third-order valence-corrected chi connectivity index (χ3v) is 4.13. The van der Waals surface area contributed by atoms with Crippen molar-refractivity contribution in [2.45, 2.75) is 12.8 Å². The predicted octanol–water partition coefficient (Wildman–Crippen LogP) is 3.01. The molecule has 1 aliphatic rings. The molecule has 106 valence electrons. The van der Waals surface area contributed by atoms with Gasteiger partial charge < -0.3 is 10.0 Å². The number of nitrogens with zero attached hydrogens (tertiary/aromatic N) is 2. The first kappa shape index (κ1) is 13.4. The maximum absolute atomic E-state index is 11.2. The molecule has 0 amide bonds. The molecule has 1 heterocycles. The maximum atomic E-state index is 11.2. The number of fused-ring (bicyclic) bond motifs is 1. The highest BCUT2D eigenvalue weighted by atomic mass is 16.4. The number of hydrogen-bond donors (Lipinski definition) is 1. The average Bonchev–Trinajstić information content (AvgIpc) is 2.54. The molecule has 4 heteroatoms. The minimum atomic E-state index is -0.724. The van der Waals surface area contributed by atoms with Crippen LogP contribution in [0, 0.1) is 17.2 Å². The van der Waals surface area contributed by atoms with Crippen LogP contribution in [0.2, 0.25) is 0 Å². The number of hydrogen-bond acceptors (Lipinski definition) is 3. The Kier molecular flexibility index (Phi) is 3.49. The van der Waals surface area contributed by atoms with E-state index in [4.69, 9.17) is 0 Å². The van der Waals surface area contributed by atoms with Crippen LogP contribution in [0.5, 0.6) is 0 Å². The first-order valence-corrected chi connectivity index (χ1v) is 7.10. The van der Waals surface area contributed by atoms with Gasteiger partial charge in [-0.2, -0.15) is 5.26 Å². The zero-order valence-electron chi connectivity index (χ0n) is 11.6. The number of piperidine rings is 1. The SMILES string of the molecule is N#Cc1ccc(N2CCCC(C(=O)O)C2)c2ccccc12. The molecule has 4 nitrogen and oxygen atoms in total. The fourth-order valence-corrected chi connectivity index (χ4v) is 3.05. The van der Waals surface area contributed by atoms with E-state index < -0.39 is 5.97 Å². The molecule has 0 bridgehead atoms. The highest BCUT2D eigenvalue weighted by Crippen LogP contribution is 2.32. The van der Waals surface area contributed by atoms with Crippen LogP contribution in [0.1, 0.15) is 18.4 Å². The van der Waals surface area contributed by atoms with Gasteiger partial charge in [0.1, 0.15) is 0 Å². The smallest absolute Gasteiger partial charge is 0.308 e. The third kappa shape index (κ3) is 2.43. The Labute approximate surface area is 123 Å². The standard InChI is InChI=1S/C17H16N2O2/c18-10-12-7-8-16(15-6-2-1-5-14(12)15)19-9-3-4-13(11-19)17(20)21/h1-2,5-8,13H,3-4,9,11H2,(H,20,21). The highest BCUT2D eigenvalue weighted by molar-refractivity contribution is 5.98. The summed E-state index contributed by atoms with van der Waals surface area (Å²) in [6.45, 7) is 1.39. The largest absolute Gasteiger partial charge is 0.481 e. The first-order valence-electron chi connectivity index (χ1n) is 7.10. The summed E-state index contributed by atoms with van der Waals surface area (Å²) >= 11 is 0. The van der Waals surface area contributed by atoms with Crippen molar-refractivity contribution in [1.29, 1.82) is 5.26 Å². The molecule has 1 unspecified atom stereocenters. The van der Waals surface area contributed by atoms with Crippen LogP contribution in [-0.2, 0) is 4.79 Å². The number of carboxylic acids is 1. The fourth-order valence-electron chi connectivity index (χ4n) is 3.05. The molecule has 2 aromatic rings. The molecule has 1 saturated heterocycles. The van der Waals surface area contributed by atoms with Crippen molar-refractivity contribution >= 4 is 22.4 Å². The van der Waals surface area contributed by atoms with E-state index in [1.165, 1.54) is 0 Å². The molecular weight excluding hydrogens is 264 g/mol. The van der Waals surface area contributed by atoms with E-state index in [1.807, 2.05) is 36.4 Å². The molecule has 3 rings (SSSR count). The van der Waals surface area contributed by atoms with Gasteiger partial charge in [0, 0.05) is 29.5 Å². The Morgan fingerprint density at radius 2 is 2.00 bits per heavy atom. The van der Waals surface area contributed by atoms with Crippen LogP contribution in [0.25, 0.3) is 10.8 Å². The topological polar surface area (TPSA) is 64.3 Å². The molecule has 0 saturated carbocycles. The van der Waals surface area contributed by atoms with Crippen molar-refractivity contribution in [2.75, 3.05) is 18.0 Å². The van der Waals surface area contributed by atoms with Crippen molar-refractivity contribution < 1.29 is 9.90 Å². The Hall–Kier alpha value is -2.54. The van der Waals surface area contributed by atoms with Gasteiger partial charge in [-0.15, -0.1) is 0 Å². The van der Waals surface area contributed by atoms with E-state index in [9.17, 15) is 15.2 Å². The van der Waals surface area contributed by atoms with Gasteiger partial charge in [-0.1, -0.05) is 24.3 Å². The van der Waals surface area contributed by atoms with E-state index >= 15 is 0 Å². The van der Waals surface area contributed by atoms with E-state index in [2.05, 4.69) is 11.0 Å². The number of nitriles is 1. The van der Waals surface area contributed by atoms with Gasteiger partial charge in [0.2, 0.25) is 0 Å². The van der Waals surface area contributed by atoms with Gasteiger partial charge >= 0.3 is 5.97 Å². The van der Waals surface area contributed by atoms with Crippen LogP contribution >= 0.6 is 0 Å². The van der Waals surface area contributed by atoms with Crippen molar-refractivity contribution in [1.82, 2.24) is 0 Å². The second-order valence-electron chi connectivity index (χ2n) is 5.41. The predicted molar refractivity (Wildman–Crippen MR) is 81.2 cm³/mol. The number of rotatable bonds is 2. The van der Waals surface area contributed by atoms with Gasteiger partial charge in [-0.05, 0) is 25.0 Å². The van der Waals surface area contributed by atoms with Gasteiger partial charge in [-0.25, -0.2) is 0 Å². The Balaban J connectivity index is 2.05. The number of carbonyl (C=O) groups is 1. The summed E-state index contributed by atoms with van der Waals surface area (Å²) in [5.41, 5.74) is 1.68. The molecule has 0 aliphatic carbocycles. The Morgan fingerprint density at radius 1 is 1.24 bits per heavy atom. The van der Waals surface area contributed by atoms with Gasteiger partial charge in [0.25, 0.3) is 0 Å². The molecule has 1 N–H and O–H groups in total. The number of benzene rings is 2.